The molecule has 0 spiro atoms. The molecule has 3 aromatic carbocycles. The van der Waals surface area contributed by atoms with Crippen LogP contribution < -0.4 is 20.7 Å². The first-order valence-corrected chi connectivity index (χ1v) is 10.2. The van der Waals surface area contributed by atoms with Crippen LogP contribution in [-0.4, -0.2) is 19.3 Å². The van der Waals surface area contributed by atoms with E-state index in [2.05, 4.69) is 5.32 Å². The molecule has 26 heavy (non-hydrogen) atoms. The van der Waals surface area contributed by atoms with Crippen LogP contribution in [-0.2, 0) is 4.57 Å². The van der Waals surface area contributed by atoms with Gasteiger partial charge in [-0.15, -0.1) is 0 Å². The van der Waals surface area contributed by atoms with E-state index in [4.69, 9.17) is 4.74 Å². The van der Waals surface area contributed by atoms with Gasteiger partial charge in [-0.3, -0.25) is 4.79 Å². The Balaban J connectivity index is 1.85. The summed E-state index contributed by atoms with van der Waals surface area (Å²) in [4.78, 5) is 12.5. The molecule has 4 nitrogen and oxygen atoms in total. The van der Waals surface area contributed by atoms with Gasteiger partial charge in [-0.25, -0.2) is 0 Å². The molecule has 0 unspecified atom stereocenters. The second-order valence-corrected chi connectivity index (χ2v) is 8.63. The van der Waals surface area contributed by atoms with Crippen molar-refractivity contribution in [1.29, 1.82) is 0 Å². The van der Waals surface area contributed by atoms with Crippen LogP contribution >= 0.6 is 7.14 Å². The molecule has 0 heterocycles. The number of carbonyl (C=O) groups is 1. The van der Waals surface area contributed by atoms with E-state index in [0.29, 0.717) is 11.3 Å². The van der Waals surface area contributed by atoms with Crippen LogP contribution in [0.25, 0.3) is 0 Å². The molecule has 0 bridgehead atoms. The summed E-state index contributed by atoms with van der Waals surface area (Å²) < 4.78 is 18.9. The third kappa shape index (κ3) is 3.87. The van der Waals surface area contributed by atoms with Crippen LogP contribution in [0.5, 0.6) is 5.75 Å². The van der Waals surface area contributed by atoms with E-state index < -0.39 is 7.14 Å². The number of nitrogens with one attached hydrogen (secondary N) is 1. The monoisotopic (exact) mass is 365 g/mol. The van der Waals surface area contributed by atoms with Crippen LogP contribution in [0.2, 0.25) is 0 Å². The maximum atomic E-state index is 13.8. The molecule has 0 fully saturated rings. The lowest BCUT2D eigenvalue weighted by molar-refractivity contribution is 0.0960. The summed E-state index contributed by atoms with van der Waals surface area (Å²) in [6, 6.07) is 25.4. The zero-order chi connectivity index (χ0) is 18.4. The lowest BCUT2D eigenvalue weighted by atomic mass is 10.2. The largest absolute Gasteiger partial charge is 0.497 e. The van der Waals surface area contributed by atoms with Gasteiger partial charge in [0.1, 0.15) is 5.75 Å². The molecule has 0 aliphatic rings. The van der Waals surface area contributed by atoms with Crippen molar-refractivity contribution in [3.63, 3.8) is 0 Å². The fraction of sp³-hybridized carbons (Fsp3) is 0.0952. The molecule has 0 aromatic heterocycles. The van der Waals surface area contributed by atoms with E-state index in [-0.39, 0.29) is 12.2 Å². The average Bonchev–Trinajstić information content (AvgIpc) is 2.73. The molecule has 3 rings (SSSR count). The minimum Gasteiger partial charge on any atom is -0.497 e. The van der Waals surface area contributed by atoms with E-state index in [0.717, 1.165) is 10.6 Å². The van der Waals surface area contributed by atoms with Crippen molar-refractivity contribution in [2.75, 3.05) is 13.4 Å². The number of rotatable bonds is 6. The van der Waals surface area contributed by atoms with Crippen LogP contribution in [0, 0.1) is 0 Å². The van der Waals surface area contributed by atoms with Crippen molar-refractivity contribution in [3.05, 3.63) is 90.5 Å². The Kier molecular flexibility index (Phi) is 5.55. The average molecular weight is 365 g/mol. The molecule has 1 amide bonds. The molecule has 0 saturated carbocycles. The first kappa shape index (κ1) is 18.0. The number of ether oxygens (including phenoxy) is 1. The number of methoxy groups -OCH3 is 1. The predicted octanol–water partition coefficient (Wildman–Crippen LogP) is 3.40. The molecule has 5 heteroatoms. The Morgan fingerprint density at radius 1 is 0.846 bits per heavy atom. The maximum Gasteiger partial charge on any atom is 0.251 e. The second-order valence-electron chi connectivity index (χ2n) is 5.80. The summed E-state index contributed by atoms with van der Waals surface area (Å²) in [5.74, 6) is 0.417. The van der Waals surface area contributed by atoms with Gasteiger partial charge in [0.15, 0.2) is 7.14 Å². The third-order valence-electron chi connectivity index (χ3n) is 4.16. The Labute approximate surface area is 153 Å². The van der Waals surface area contributed by atoms with E-state index in [1.54, 1.807) is 31.4 Å². The summed E-state index contributed by atoms with van der Waals surface area (Å²) >= 11 is 0. The van der Waals surface area contributed by atoms with Gasteiger partial charge in [0.05, 0.1) is 13.4 Å². The second kappa shape index (κ2) is 8.03. The quantitative estimate of drug-likeness (QED) is 0.681. The van der Waals surface area contributed by atoms with Crippen molar-refractivity contribution >= 4 is 23.7 Å². The van der Waals surface area contributed by atoms with Crippen LogP contribution in [0.4, 0.5) is 0 Å². The van der Waals surface area contributed by atoms with Crippen molar-refractivity contribution in [2.45, 2.75) is 0 Å². The standard InChI is InChI=1S/C21H20NO3P/c1-25-18-14-12-17(13-15-18)21(23)22-16-26(24,19-8-4-2-5-9-19)20-10-6-3-7-11-20/h2-15H,16H2,1H3,(H,22,23). The minimum absolute atomic E-state index is 0.0614. The Morgan fingerprint density at radius 2 is 1.35 bits per heavy atom. The highest BCUT2D eigenvalue weighted by Crippen LogP contribution is 2.41. The molecule has 3 aromatic rings. The summed E-state index contributed by atoms with van der Waals surface area (Å²) in [7, 11) is -1.40. The smallest absolute Gasteiger partial charge is 0.251 e. The van der Waals surface area contributed by atoms with E-state index >= 15 is 0 Å². The number of benzene rings is 3. The number of amides is 1. The molecule has 132 valence electrons. The summed E-state index contributed by atoms with van der Waals surface area (Å²) in [6.07, 6.45) is 0.0614. The van der Waals surface area contributed by atoms with Crippen LogP contribution in [0.3, 0.4) is 0 Å². The van der Waals surface area contributed by atoms with E-state index in [1.165, 1.54) is 0 Å². The van der Waals surface area contributed by atoms with Gasteiger partial charge in [0, 0.05) is 16.2 Å². The molecule has 1 N–H and O–H groups in total. The third-order valence-corrected chi connectivity index (χ3v) is 7.03. The molecule has 0 saturated heterocycles. The molecule has 0 aliphatic carbocycles. The van der Waals surface area contributed by atoms with Crippen molar-refractivity contribution in [3.8, 4) is 5.75 Å². The highest BCUT2D eigenvalue weighted by molar-refractivity contribution is 7.78. The summed E-state index contributed by atoms with van der Waals surface area (Å²) in [5, 5.41) is 4.28. The highest BCUT2D eigenvalue weighted by Gasteiger charge is 2.27. The maximum absolute atomic E-state index is 13.8. The highest BCUT2D eigenvalue weighted by atomic mass is 31.2. The Bertz CT molecular complexity index is 866. The molecule has 0 atom stereocenters. The summed E-state index contributed by atoms with van der Waals surface area (Å²) in [6.45, 7) is 0. The Hall–Kier alpha value is -2.84. The van der Waals surface area contributed by atoms with Crippen molar-refractivity contribution < 1.29 is 14.1 Å². The fourth-order valence-corrected chi connectivity index (χ4v) is 5.03. The SMILES string of the molecule is COc1ccc(C(=O)NCP(=O)(c2ccccc2)c2ccccc2)cc1. The fourth-order valence-electron chi connectivity index (χ4n) is 2.70. The molecular weight excluding hydrogens is 345 g/mol. The normalized spacial score (nSPS) is 11.0. The van der Waals surface area contributed by atoms with Gasteiger partial charge < -0.3 is 14.6 Å². The first-order valence-electron chi connectivity index (χ1n) is 8.26. The van der Waals surface area contributed by atoms with Gasteiger partial charge in [-0.1, -0.05) is 60.7 Å². The molecular formula is C21H20NO3P. The van der Waals surface area contributed by atoms with E-state index in [1.807, 2.05) is 60.7 Å². The number of carbonyl (C=O) groups excluding carboxylic acids is 1. The zero-order valence-electron chi connectivity index (χ0n) is 14.5. The van der Waals surface area contributed by atoms with Gasteiger partial charge in [0.25, 0.3) is 5.91 Å². The van der Waals surface area contributed by atoms with Gasteiger partial charge in [-0.05, 0) is 24.3 Å². The van der Waals surface area contributed by atoms with Crippen LogP contribution in [0.15, 0.2) is 84.9 Å². The lowest BCUT2D eigenvalue weighted by Gasteiger charge is -2.20. The lowest BCUT2D eigenvalue weighted by Crippen LogP contribution is -2.30. The number of hydrogen-bond acceptors (Lipinski definition) is 3. The van der Waals surface area contributed by atoms with Gasteiger partial charge >= 0.3 is 0 Å². The summed E-state index contributed by atoms with van der Waals surface area (Å²) in [5.41, 5.74) is 0.499. The molecule has 0 aliphatic heterocycles. The zero-order valence-corrected chi connectivity index (χ0v) is 15.4. The molecule has 0 radical (unpaired) electrons. The van der Waals surface area contributed by atoms with Gasteiger partial charge in [-0.2, -0.15) is 0 Å². The van der Waals surface area contributed by atoms with E-state index in [9.17, 15) is 9.36 Å². The van der Waals surface area contributed by atoms with Gasteiger partial charge in [0.2, 0.25) is 0 Å². The van der Waals surface area contributed by atoms with Crippen molar-refractivity contribution in [1.82, 2.24) is 5.32 Å². The topological polar surface area (TPSA) is 55.4 Å². The Morgan fingerprint density at radius 3 is 1.81 bits per heavy atom. The number of hydrogen-bond donors (Lipinski definition) is 1. The predicted molar refractivity (Wildman–Crippen MR) is 105 cm³/mol. The first-order chi connectivity index (χ1) is 12.6. The van der Waals surface area contributed by atoms with Crippen LogP contribution in [0.1, 0.15) is 10.4 Å². The minimum atomic E-state index is -2.97. The van der Waals surface area contributed by atoms with Crippen molar-refractivity contribution in [2.24, 2.45) is 0 Å².